The molecule has 0 aromatic carbocycles. The van der Waals surface area contributed by atoms with Gasteiger partial charge in [0.1, 0.15) is 6.17 Å². The molecule has 0 rings (SSSR count). The van der Waals surface area contributed by atoms with Crippen LogP contribution < -0.4 is 10.6 Å². The summed E-state index contributed by atoms with van der Waals surface area (Å²) in [5.41, 5.74) is -0.876. The lowest BCUT2D eigenvalue weighted by atomic mass is 10.0. The molecule has 0 saturated carbocycles. The molecule has 0 spiro atoms. The summed E-state index contributed by atoms with van der Waals surface area (Å²) in [4.78, 5) is 10.6. The van der Waals surface area contributed by atoms with E-state index in [1.165, 1.54) is 6.92 Å². The monoisotopic (exact) mass is 220 g/mol. The highest BCUT2D eigenvalue weighted by Gasteiger charge is 2.30. The van der Waals surface area contributed by atoms with Gasteiger partial charge in [0.2, 0.25) is 5.91 Å². The van der Waals surface area contributed by atoms with Crippen molar-refractivity contribution in [2.75, 3.05) is 26.7 Å². The van der Waals surface area contributed by atoms with Gasteiger partial charge in [-0.05, 0) is 20.9 Å². The molecule has 0 fully saturated rings. The zero-order valence-corrected chi connectivity index (χ0v) is 9.89. The van der Waals surface area contributed by atoms with Gasteiger partial charge in [-0.3, -0.25) is 4.79 Å². The minimum absolute atomic E-state index is 0.0120. The van der Waals surface area contributed by atoms with Crippen LogP contribution in [0, 0.1) is 0 Å². The molecule has 0 radical (unpaired) electrons. The lowest BCUT2D eigenvalue weighted by Gasteiger charge is -2.29. The molecule has 5 heteroatoms. The third kappa shape index (κ3) is 6.41. The molecule has 90 valence electrons. The van der Waals surface area contributed by atoms with Gasteiger partial charge in [-0.25, -0.2) is 4.39 Å². The Bertz CT molecular complexity index is 198. The molecule has 0 aliphatic rings. The van der Waals surface area contributed by atoms with Gasteiger partial charge >= 0.3 is 0 Å². The summed E-state index contributed by atoms with van der Waals surface area (Å²) < 4.78 is 19.0. The number of nitrogens with one attached hydrogen (secondary N) is 2. The first-order valence-corrected chi connectivity index (χ1v) is 5.07. The summed E-state index contributed by atoms with van der Waals surface area (Å²) >= 11 is 0. The number of hydrogen-bond acceptors (Lipinski definition) is 3. The maximum atomic E-state index is 13.6. The molecular formula is C10H21FN2O2. The first-order chi connectivity index (χ1) is 6.90. The fourth-order valence-electron chi connectivity index (χ4n) is 0.986. The van der Waals surface area contributed by atoms with Crippen LogP contribution in [0.25, 0.3) is 0 Å². The summed E-state index contributed by atoms with van der Waals surface area (Å²) in [6.07, 6.45) is -1.21. The van der Waals surface area contributed by atoms with Gasteiger partial charge in [0, 0.05) is 13.5 Å². The second kappa shape index (κ2) is 6.74. The van der Waals surface area contributed by atoms with Gasteiger partial charge in [0.15, 0.2) is 0 Å². The summed E-state index contributed by atoms with van der Waals surface area (Å²) in [6, 6.07) is 0. The van der Waals surface area contributed by atoms with E-state index in [0.29, 0.717) is 13.2 Å². The zero-order chi connectivity index (χ0) is 11.9. The molecular weight excluding hydrogens is 199 g/mol. The Morgan fingerprint density at radius 3 is 2.60 bits per heavy atom. The maximum absolute atomic E-state index is 13.6. The van der Waals surface area contributed by atoms with Crippen molar-refractivity contribution < 1.29 is 13.9 Å². The van der Waals surface area contributed by atoms with Crippen LogP contribution in [0.1, 0.15) is 20.8 Å². The number of hydrogen-bond donors (Lipinski definition) is 2. The van der Waals surface area contributed by atoms with E-state index in [1.807, 2.05) is 0 Å². The highest BCUT2D eigenvalue weighted by atomic mass is 19.1. The van der Waals surface area contributed by atoms with Gasteiger partial charge in [-0.15, -0.1) is 0 Å². The van der Waals surface area contributed by atoms with Crippen molar-refractivity contribution in [2.45, 2.75) is 32.5 Å². The normalized spacial score (nSPS) is 13.7. The van der Waals surface area contributed by atoms with E-state index in [9.17, 15) is 9.18 Å². The van der Waals surface area contributed by atoms with Crippen LogP contribution in [0.15, 0.2) is 0 Å². The number of carbonyl (C=O) groups is 1. The first-order valence-electron chi connectivity index (χ1n) is 5.07. The standard InChI is InChI=1S/C10H21FN2O2/c1-8(14)13-7-9(11)10(2,3)15-6-5-12-4/h9,12H,5-7H2,1-4H3,(H,13,14). The largest absolute Gasteiger partial charge is 0.371 e. The van der Waals surface area contributed by atoms with Crippen molar-refractivity contribution in [1.82, 2.24) is 10.6 Å². The molecule has 0 heterocycles. The Hall–Kier alpha value is -0.680. The van der Waals surface area contributed by atoms with Crippen molar-refractivity contribution >= 4 is 5.91 Å². The van der Waals surface area contributed by atoms with Crippen LogP contribution in [0.3, 0.4) is 0 Å². The molecule has 0 saturated heterocycles. The van der Waals surface area contributed by atoms with Crippen LogP contribution in [-0.2, 0) is 9.53 Å². The average molecular weight is 220 g/mol. The van der Waals surface area contributed by atoms with Crippen molar-refractivity contribution in [1.29, 1.82) is 0 Å². The van der Waals surface area contributed by atoms with Crippen LogP contribution in [0.4, 0.5) is 4.39 Å². The van der Waals surface area contributed by atoms with Crippen LogP contribution in [0.2, 0.25) is 0 Å². The highest BCUT2D eigenvalue weighted by Crippen LogP contribution is 2.17. The molecule has 0 aromatic heterocycles. The Morgan fingerprint density at radius 2 is 2.13 bits per heavy atom. The summed E-state index contributed by atoms with van der Waals surface area (Å²) in [6.45, 7) is 5.83. The molecule has 15 heavy (non-hydrogen) atoms. The molecule has 1 atom stereocenters. The molecule has 0 aliphatic carbocycles. The highest BCUT2D eigenvalue weighted by molar-refractivity contribution is 5.72. The second-order valence-electron chi connectivity index (χ2n) is 3.96. The van der Waals surface area contributed by atoms with E-state index in [0.717, 1.165) is 0 Å². The van der Waals surface area contributed by atoms with Gasteiger partial charge in [-0.1, -0.05) is 0 Å². The Balaban J connectivity index is 3.90. The van der Waals surface area contributed by atoms with E-state index in [4.69, 9.17) is 4.74 Å². The molecule has 1 amide bonds. The predicted molar refractivity (Wildman–Crippen MR) is 57.5 cm³/mol. The first kappa shape index (κ1) is 14.3. The lowest BCUT2D eigenvalue weighted by Crippen LogP contribution is -2.44. The fourth-order valence-corrected chi connectivity index (χ4v) is 0.986. The summed E-state index contributed by atoms with van der Waals surface area (Å²) in [5.74, 6) is -0.233. The van der Waals surface area contributed by atoms with Crippen LogP contribution >= 0.6 is 0 Å². The SMILES string of the molecule is CNCCOC(C)(C)C(F)CNC(C)=O. The predicted octanol–water partition coefficient (Wildman–Crippen LogP) is 0.475. The van der Waals surface area contributed by atoms with Gasteiger partial charge < -0.3 is 15.4 Å². The molecule has 2 N–H and O–H groups in total. The van der Waals surface area contributed by atoms with Crippen LogP contribution in [0.5, 0.6) is 0 Å². The Kier molecular flexibility index (Phi) is 6.43. The Labute approximate surface area is 90.6 Å². The lowest BCUT2D eigenvalue weighted by molar-refractivity contribution is -0.120. The van der Waals surface area contributed by atoms with E-state index >= 15 is 0 Å². The maximum Gasteiger partial charge on any atom is 0.216 e. The number of amides is 1. The quantitative estimate of drug-likeness (QED) is 0.613. The molecule has 0 aromatic rings. The zero-order valence-electron chi connectivity index (χ0n) is 9.89. The third-order valence-electron chi connectivity index (χ3n) is 2.11. The number of rotatable bonds is 7. The minimum atomic E-state index is -1.21. The van der Waals surface area contributed by atoms with Gasteiger partial charge in [0.05, 0.1) is 18.8 Å². The number of alkyl halides is 1. The van der Waals surface area contributed by atoms with E-state index in [1.54, 1.807) is 20.9 Å². The number of likely N-dealkylation sites (N-methyl/N-ethyl adjacent to an activating group) is 1. The van der Waals surface area contributed by atoms with E-state index < -0.39 is 11.8 Å². The topological polar surface area (TPSA) is 50.4 Å². The molecule has 1 unspecified atom stereocenters. The minimum Gasteiger partial charge on any atom is -0.371 e. The summed E-state index contributed by atoms with van der Waals surface area (Å²) in [7, 11) is 1.81. The summed E-state index contributed by atoms with van der Waals surface area (Å²) in [5, 5.41) is 5.34. The average Bonchev–Trinajstić information content (AvgIpc) is 2.14. The van der Waals surface area contributed by atoms with Gasteiger partial charge in [0.25, 0.3) is 0 Å². The van der Waals surface area contributed by atoms with Crippen molar-refractivity contribution in [2.24, 2.45) is 0 Å². The van der Waals surface area contributed by atoms with Crippen molar-refractivity contribution in [3.05, 3.63) is 0 Å². The Morgan fingerprint density at radius 1 is 1.53 bits per heavy atom. The molecule has 4 nitrogen and oxygen atoms in total. The van der Waals surface area contributed by atoms with Crippen molar-refractivity contribution in [3.63, 3.8) is 0 Å². The smallest absolute Gasteiger partial charge is 0.216 e. The third-order valence-corrected chi connectivity index (χ3v) is 2.11. The van der Waals surface area contributed by atoms with E-state index in [-0.39, 0.29) is 12.5 Å². The molecule has 0 aliphatic heterocycles. The fraction of sp³-hybridized carbons (Fsp3) is 0.900. The van der Waals surface area contributed by atoms with Crippen LogP contribution in [-0.4, -0.2) is 44.4 Å². The van der Waals surface area contributed by atoms with E-state index in [2.05, 4.69) is 10.6 Å². The number of ether oxygens (including phenoxy) is 1. The number of halogens is 1. The number of carbonyl (C=O) groups excluding carboxylic acids is 1. The van der Waals surface area contributed by atoms with Gasteiger partial charge in [-0.2, -0.15) is 0 Å². The van der Waals surface area contributed by atoms with Crippen molar-refractivity contribution in [3.8, 4) is 0 Å². The second-order valence-corrected chi connectivity index (χ2v) is 3.96. The molecule has 0 bridgehead atoms.